The van der Waals surface area contributed by atoms with Gasteiger partial charge in [0.1, 0.15) is 5.84 Å². The maximum atomic E-state index is 11.2. The van der Waals surface area contributed by atoms with E-state index in [0.717, 1.165) is 5.56 Å². The molecule has 0 radical (unpaired) electrons. The van der Waals surface area contributed by atoms with Crippen molar-refractivity contribution in [2.45, 2.75) is 0 Å². The third-order valence-electron chi connectivity index (χ3n) is 1.97. The molecule has 1 rings (SSSR count). The Kier molecular flexibility index (Phi) is 3.82. The summed E-state index contributed by atoms with van der Waals surface area (Å²) in [5, 5.41) is 9.68. The van der Waals surface area contributed by atoms with Crippen molar-refractivity contribution in [1.29, 1.82) is 0 Å². The van der Waals surface area contributed by atoms with Gasteiger partial charge in [-0.3, -0.25) is 14.5 Å². The number of carbonyl (C=O) groups is 1. The molecule has 16 heavy (non-hydrogen) atoms. The standard InChI is InChI=1S/C10H15N5O/c1-5-8(16)13-10-7(6-15(4)14-10)9(11-2)12-3/h5-6H,1H2,2-4H3,(H,11,12)(H,13,14,16). The minimum atomic E-state index is -0.300. The van der Waals surface area contributed by atoms with E-state index < -0.39 is 0 Å². The molecular formula is C10H15N5O. The van der Waals surface area contributed by atoms with Crippen molar-refractivity contribution in [3.63, 3.8) is 0 Å². The number of nitrogens with zero attached hydrogens (tertiary/aromatic N) is 3. The van der Waals surface area contributed by atoms with Crippen LogP contribution in [0, 0.1) is 0 Å². The van der Waals surface area contributed by atoms with Crippen LogP contribution < -0.4 is 10.6 Å². The SMILES string of the molecule is C=CC(=O)Nc1nn(C)cc1C(=NC)NC. The second-order valence-corrected chi connectivity index (χ2v) is 3.08. The van der Waals surface area contributed by atoms with Gasteiger partial charge in [-0.05, 0) is 6.08 Å². The fourth-order valence-electron chi connectivity index (χ4n) is 1.29. The van der Waals surface area contributed by atoms with Gasteiger partial charge in [0.25, 0.3) is 0 Å². The summed E-state index contributed by atoms with van der Waals surface area (Å²) < 4.78 is 1.61. The zero-order valence-electron chi connectivity index (χ0n) is 9.61. The molecule has 1 heterocycles. The molecule has 0 aliphatic heterocycles. The summed E-state index contributed by atoms with van der Waals surface area (Å²) in [5.74, 6) is 0.821. The molecule has 0 atom stereocenters. The normalized spacial score (nSPS) is 11.1. The van der Waals surface area contributed by atoms with Crippen molar-refractivity contribution in [3.05, 3.63) is 24.4 Å². The molecule has 6 nitrogen and oxygen atoms in total. The molecule has 1 amide bonds. The third kappa shape index (κ3) is 2.47. The van der Waals surface area contributed by atoms with Crippen LogP contribution >= 0.6 is 0 Å². The minimum Gasteiger partial charge on any atom is -0.373 e. The zero-order chi connectivity index (χ0) is 12.1. The van der Waals surface area contributed by atoms with Gasteiger partial charge in [0.15, 0.2) is 5.82 Å². The lowest BCUT2D eigenvalue weighted by molar-refractivity contribution is -0.111. The minimum absolute atomic E-state index is 0.300. The fourth-order valence-corrected chi connectivity index (χ4v) is 1.29. The first-order valence-electron chi connectivity index (χ1n) is 4.74. The van der Waals surface area contributed by atoms with Crippen LogP contribution in [-0.2, 0) is 11.8 Å². The first-order valence-corrected chi connectivity index (χ1v) is 4.74. The first kappa shape index (κ1) is 12.0. The van der Waals surface area contributed by atoms with E-state index >= 15 is 0 Å². The second-order valence-electron chi connectivity index (χ2n) is 3.08. The lowest BCUT2D eigenvalue weighted by atomic mass is 10.3. The summed E-state index contributed by atoms with van der Waals surface area (Å²) in [6.45, 7) is 3.39. The Hall–Kier alpha value is -2.11. The monoisotopic (exact) mass is 221 g/mol. The van der Waals surface area contributed by atoms with E-state index in [2.05, 4.69) is 27.3 Å². The van der Waals surface area contributed by atoms with E-state index in [0.29, 0.717) is 11.7 Å². The van der Waals surface area contributed by atoms with E-state index in [-0.39, 0.29) is 5.91 Å². The highest BCUT2D eigenvalue weighted by molar-refractivity contribution is 6.07. The second kappa shape index (κ2) is 5.11. The Morgan fingerprint density at radius 3 is 2.88 bits per heavy atom. The van der Waals surface area contributed by atoms with Crippen molar-refractivity contribution in [2.24, 2.45) is 12.0 Å². The lowest BCUT2D eigenvalue weighted by Crippen LogP contribution is -2.21. The van der Waals surface area contributed by atoms with Crippen LogP contribution in [0.15, 0.2) is 23.8 Å². The van der Waals surface area contributed by atoms with Gasteiger partial charge in [0.05, 0.1) is 5.56 Å². The van der Waals surface area contributed by atoms with Gasteiger partial charge < -0.3 is 10.6 Å². The fraction of sp³-hybridized carbons (Fsp3) is 0.300. The number of hydrogen-bond donors (Lipinski definition) is 2. The molecule has 6 heteroatoms. The van der Waals surface area contributed by atoms with Gasteiger partial charge in [-0.15, -0.1) is 0 Å². The Balaban J connectivity index is 3.09. The number of aryl methyl sites for hydroxylation is 1. The first-order chi connectivity index (χ1) is 7.62. The number of amides is 1. The third-order valence-corrected chi connectivity index (χ3v) is 1.97. The van der Waals surface area contributed by atoms with Crippen LogP contribution in [0.2, 0.25) is 0 Å². The van der Waals surface area contributed by atoms with Crippen LogP contribution in [0.25, 0.3) is 0 Å². The number of amidine groups is 1. The molecule has 86 valence electrons. The summed E-state index contributed by atoms with van der Waals surface area (Å²) >= 11 is 0. The lowest BCUT2D eigenvalue weighted by Gasteiger charge is -2.04. The molecule has 0 saturated carbocycles. The highest BCUT2D eigenvalue weighted by Crippen LogP contribution is 2.12. The zero-order valence-corrected chi connectivity index (χ0v) is 9.61. The van der Waals surface area contributed by atoms with Gasteiger partial charge in [0, 0.05) is 27.3 Å². The highest BCUT2D eigenvalue weighted by atomic mass is 16.1. The summed E-state index contributed by atoms with van der Waals surface area (Å²) in [7, 11) is 5.20. The number of rotatable bonds is 3. The number of carbonyl (C=O) groups excluding carboxylic acids is 1. The Labute approximate surface area is 94.1 Å². The van der Waals surface area contributed by atoms with Gasteiger partial charge in [-0.25, -0.2) is 0 Å². The maximum Gasteiger partial charge on any atom is 0.248 e. The van der Waals surface area contributed by atoms with E-state index in [1.807, 2.05) is 0 Å². The number of hydrogen-bond acceptors (Lipinski definition) is 3. The largest absolute Gasteiger partial charge is 0.373 e. The molecule has 0 spiro atoms. The van der Waals surface area contributed by atoms with Crippen molar-refractivity contribution in [3.8, 4) is 0 Å². The number of aromatic nitrogens is 2. The Morgan fingerprint density at radius 2 is 2.38 bits per heavy atom. The van der Waals surface area contributed by atoms with Crippen LogP contribution in [0.5, 0.6) is 0 Å². The molecule has 0 aliphatic carbocycles. The average molecular weight is 221 g/mol. The molecular weight excluding hydrogens is 206 g/mol. The summed E-state index contributed by atoms with van der Waals surface area (Å²) in [5.41, 5.74) is 0.739. The van der Waals surface area contributed by atoms with Crippen molar-refractivity contribution in [1.82, 2.24) is 15.1 Å². The van der Waals surface area contributed by atoms with Crippen LogP contribution in [0.1, 0.15) is 5.56 Å². The van der Waals surface area contributed by atoms with Gasteiger partial charge in [-0.2, -0.15) is 5.10 Å². The van der Waals surface area contributed by atoms with Crippen LogP contribution in [0.3, 0.4) is 0 Å². The van der Waals surface area contributed by atoms with Crippen molar-refractivity contribution >= 4 is 17.6 Å². The molecule has 0 aromatic carbocycles. The van der Waals surface area contributed by atoms with E-state index in [9.17, 15) is 4.79 Å². The quantitative estimate of drug-likeness (QED) is 0.433. The van der Waals surface area contributed by atoms with Gasteiger partial charge in [0.2, 0.25) is 5.91 Å². The molecule has 0 saturated heterocycles. The molecule has 0 fully saturated rings. The van der Waals surface area contributed by atoms with E-state index in [4.69, 9.17) is 0 Å². The van der Waals surface area contributed by atoms with Crippen molar-refractivity contribution in [2.75, 3.05) is 19.4 Å². The Bertz CT molecular complexity index is 432. The molecule has 0 unspecified atom stereocenters. The van der Waals surface area contributed by atoms with Crippen molar-refractivity contribution < 1.29 is 4.79 Å². The molecule has 1 aromatic rings. The number of anilines is 1. The predicted octanol–water partition coefficient (Wildman–Crippen LogP) is 0.140. The topological polar surface area (TPSA) is 71.3 Å². The average Bonchev–Trinajstić information content (AvgIpc) is 2.61. The van der Waals surface area contributed by atoms with E-state index in [1.54, 1.807) is 32.0 Å². The van der Waals surface area contributed by atoms with Crippen LogP contribution in [0.4, 0.5) is 5.82 Å². The summed E-state index contributed by atoms with van der Waals surface area (Å²) in [4.78, 5) is 15.3. The maximum absolute atomic E-state index is 11.2. The van der Waals surface area contributed by atoms with Crippen LogP contribution in [-0.4, -0.2) is 35.6 Å². The molecule has 1 aromatic heterocycles. The number of aliphatic imine (C=N–C) groups is 1. The molecule has 0 bridgehead atoms. The van der Waals surface area contributed by atoms with Gasteiger partial charge in [-0.1, -0.05) is 6.58 Å². The van der Waals surface area contributed by atoms with E-state index in [1.165, 1.54) is 6.08 Å². The van der Waals surface area contributed by atoms with Gasteiger partial charge >= 0.3 is 0 Å². The molecule has 2 N–H and O–H groups in total. The predicted molar refractivity (Wildman–Crippen MR) is 63.6 cm³/mol. The number of nitrogens with one attached hydrogen (secondary N) is 2. The molecule has 0 aliphatic rings. The smallest absolute Gasteiger partial charge is 0.248 e. The summed E-state index contributed by atoms with van der Waals surface area (Å²) in [6, 6.07) is 0. The summed E-state index contributed by atoms with van der Waals surface area (Å²) in [6.07, 6.45) is 2.97. The highest BCUT2D eigenvalue weighted by Gasteiger charge is 2.13. The Morgan fingerprint density at radius 1 is 1.69 bits per heavy atom.